The van der Waals surface area contributed by atoms with Crippen LogP contribution < -0.4 is 10.9 Å². The van der Waals surface area contributed by atoms with Gasteiger partial charge in [0.05, 0.1) is 11.6 Å². The lowest BCUT2D eigenvalue weighted by Crippen LogP contribution is -2.14. The summed E-state index contributed by atoms with van der Waals surface area (Å²) < 4.78 is 0. The molecule has 0 radical (unpaired) electrons. The quantitative estimate of drug-likeness (QED) is 0.892. The van der Waals surface area contributed by atoms with E-state index in [9.17, 15) is 4.79 Å². The molecule has 0 amide bonds. The molecule has 1 aromatic carbocycles. The van der Waals surface area contributed by atoms with Crippen molar-refractivity contribution in [3.63, 3.8) is 0 Å². The third-order valence-corrected chi connectivity index (χ3v) is 2.86. The van der Waals surface area contributed by atoms with Crippen molar-refractivity contribution in [2.24, 2.45) is 0 Å². The van der Waals surface area contributed by atoms with E-state index in [1.54, 1.807) is 12.1 Å². The van der Waals surface area contributed by atoms with Crippen LogP contribution in [0.5, 0.6) is 0 Å². The molecule has 20 heavy (non-hydrogen) atoms. The molecule has 0 unspecified atom stereocenters. The maximum atomic E-state index is 11.5. The molecule has 0 aliphatic rings. The van der Waals surface area contributed by atoms with Gasteiger partial charge in [-0.3, -0.25) is 4.79 Å². The van der Waals surface area contributed by atoms with Gasteiger partial charge in [0.2, 0.25) is 0 Å². The van der Waals surface area contributed by atoms with Gasteiger partial charge in [-0.25, -0.2) is 4.98 Å². The second kappa shape index (κ2) is 6.02. The molecule has 2 rings (SSSR count). The molecule has 5 nitrogen and oxygen atoms in total. The molecule has 0 fully saturated rings. The Morgan fingerprint density at radius 1 is 1.35 bits per heavy atom. The van der Waals surface area contributed by atoms with E-state index in [1.807, 2.05) is 26.0 Å². The highest BCUT2D eigenvalue weighted by Gasteiger charge is 2.05. The zero-order chi connectivity index (χ0) is 14.5. The van der Waals surface area contributed by atoms with E-state index in [2.05, 4.69) is 21.4 Å². The Balaban J connectivity index is 2.10. The zero-order valence-corrected chi connectivity index (χ0v) is 11.5. The Bertz CT molecular complexity index is 680. The maximum absolute atomic E-state index is 11.5. The smallest absolute Gasteiger partial charge is 0.252 e. The normalized spacial score (nSPS) is 10.3. The van der Waals surface area contributed by atoms with Crippen molar-refractivity contribution in [1.29, 1.82) is 5.26 Å². The third kappa shape index (κ3) is 3.45. The molecule has 1 aromatic heterocycles. The highest BCUT2D eigenvalue weighted by Crippen LogP contribution is 2.10. The van der Waals surface area contributed by atoms with Crippen molar-refractivity contribution in [3.8, 4) is 6.07 Å². The van der Waals surface area contributed by atoms with Gasteiger partial charge in [-0.15, -0.1) is 0 Å². The fourth-order valence-corrected chi connectivity index (χ4v) is 1.73. The van der Waals surface area contributed by atoms with Crippen molar-refractivity contribution >= 4 is 5.82 Å². The number of nitriles is 1. The SMILES string of the molecule is CC(C)c1nc(NCc2ccc(C#N)cc2)cc(=O)[nH]1. The van der Waals surface area contributed by atoms with Crippen LogP contribution in [0, 0.1) is 11.3 Å². The van der Waals surface area contributed by atoms with Gasteiger partial charge in [0.1, 0.15) is 11.6 Å². The molecule has 0 saturated heterocycles. The van der Waals surface area contributed by atoms with Gasteiger partial charge < -0.3 is 10.3 Å². The maximum Gasteiger partial charge on any atom is 0.252 e. The van der Waals surface area contributed by atoms with E-state index in [-0.39, 0.29) is 11.5 Å². The van der Waals surface area contributed by atoms with Gasteiger partial charge in [0.15, 0.2) is 0 Å². The van der Waals surface area contributed by atoms with Crippen LogP contribution in [0.4, 0.5) is 5.82 Å². The summed E-state index contributed by atoms with van der Waals surface area (Å²) in [5, 5.41) is 11.9. The summed E-state index contributed by atoms with van der Waals surface area (Å²) in [5.41, 5.74) is 1.49. The lowest BCUT2D eigenvalue weighted by molar-refractivity contribution is 0.766. The van der Waals surface area contributed by atoms with E-state index >= 15 is 0 Å². The Labute approximate surface area is 117 Å². The first-order chi connectivity index (χ1) is 9.58. The van der Waals surface area contributed by atoms with Crippen LogP contribution >= 0.6 is 0 Å². The number of nitrogens with zero attached hydrogens (tertiary/aromatic N) is 2. The van der Waals surface area contributed by atoms with Crippen molar-refractivity contribution in [2.75, 3.05) is 5.32 Å². The molecule has 0 aliphatic heterocycles. The molecule has 0 aliphatic carbocycles. The number of aromatic nitrogens is 2. The Hall–Kier alpha value is -2.61. The van der Waals surface area contributed by atoms with Crippen LogP contribution in [0.15, 0.2) is 35.1 Å². The molecular weight excluding hydrogens is 252 g/mol. The van der Waals surface area contributed by atoms with Gasteiger partial charge in [-0.05, 0) is 17.7 Å². The number of H-pyrrole nitrogens is 1. The average molecular weight is 268 g/mol. The second-order valence-electron chi connectivity index (χ2n) is 4.83. The first-order valence-corrected chi connectivity index (χ1v) is 6.42. The molecule has 0 atom stereocenters. The van der Waals surface area contributed by atoms with Gasteiger partial charge in [-0.1, -0.05) is 26.0 Å². The lowest BCUT2D eigenvalue weighted by Gasteiger charge is -2.09. The summed E-state index contributed by atoms with van der Waals surface area (Å²) >= 11 is 0. The fraction of sp³-hybridized carbons (Fsp3) is 0.267. The van der Waals surface area contributed by atoms with Crippen molar-refractivity contribution in [1.82, 2.24) is 9.97 Å². The number of hydrogen-bond donors (Lipinski definition) is 2. The highest BCUT2D eigenvalue weighted by atomic mass is 16.1. The van der Waals surface area contributed by atoms with Gasteiger partial charge >= 0.3 is 0 Å². The molecular formula is C15H16N4O. The number of hydrogen-bond acceptors (Lipinski definition) is 4. The minimum absolute atomic E-state index is 0.161. The molecule has 2 aromatic rings. The van der Waals surface area contributed by atoms with E-state index < -0.39 is 0 Å². The monoisotopic (exact) mass is 268 g/mol. The molecule has 0 saturated carbocycles. The number of benzene rings is 1. The molecule has 2 N–H and O–H groups in total. The minimum Gasteiger partial charge on any atom is -0.366 e. The minimum atomic E-state index is -0.161. The molecule has 102 valence electrons. The molecule has 0 bridgehead atoms. The summed E-state index contributed by atoms with van der Waals surface area (Å²) in [5.74, 6) is 1.39. The van der Waals surface area contributed by atoms with Crippen LogP contribution in [0.1, 0.15) is 36.7 Å². The topological polar surface area (TPSA) is 81.6 Å². The number of aromatic amines is 1. The predicted octanol–water partition coefficient (Wildman–Crippen LogP) is 2.38. The van der Waals surface area contributed by atoms with Crippen LogP contribution in [0.2, 0.25) is 0 Å². The fourth-order valence-electron chi connectivity index (χ4n) is 1.73. The number of rotatable bonds is 4. The van der Waals surface area contributed by atoms with Gasteiger partial charge in [-0.2, -0.15) is 5.26 Å². The summed E-state index contributed by atoms with van der Waals surface area (Å²) in [6.45, 7) is 4.50. The van der Waals surface area contributed by atoms with E-state index in [1.165, 1.54) is 6.07 Å². The predicted molar refractivity (Wildman–Crippen MR) is 77.4 cm³/mol. The van der Waals surface area contributed by atoms with Crippen LogP contribution in [0.25, 0.3) is 0 Å². The summed E-state index contributed by atoms with van der Waals surface area (Å²) in [4.78, 5) is 18.6. The first kappa shape index (κ1) is 13.8. The Morgan fingerprint density at radius 2 is 2.05 bits per heavy atom. The molecule has 0 spiro atoms. The van der Waals surface area contributed by atoms with Crippen molar-refractivity contribution < 1.29 is 0 Å². The summed E-state index contributed by atoms with van der Waals surface area (Å²) in [6, 6.07) is 10.8. The number of nitrogens with one attached hydrogen (secondary N) is 2. The zero-order valence-electron chi connectivity index (χ0n) is 11.5. The average Bonchev–Trinajstić information content (AvgIpc) is 2.45. The van der Waals surface area contributed by atoms with Gasteiger partial charge in [0, 0.05) is 18.5 Å². The van der Waals surface area contributed by atoms with E-state index in [0.717, 1.165) is 5.56 Å². The third-order valence-electron chi connectivity index (χ3n) is 2.86. The molecule has 5 heteroatoms. The summed E-state index contributed by atoms with van der Waals surface area (Å²) in [7, 11) is 0. The largest absolute Gasteiger partial charge is 0.366 e. The van der Waals surface area contributed by atoms with Crippen LogP contribution in [-0.4, -0.2) is 9.97 Å². The van der Waals surface area contributed by atoms with Crippen LogP contribution in [0.3, 0.4) is 0 Å². The highest BCUT2D eigenvalue weighted by molar-refractivity contribution is 5.37. The first-order valence-electron chi connectivity index (χ1n) is 6.42. The number of anilines is 1. The molecule has 1 heterocycles. The summed E-state index contributed by atoms with van der Waals surface area (Å²) in [6.07, 6.45) is 0. The second-order valence-corrected chi connectivity index (χ2v) is 4.83. The van der Waals surface area contributed by atoms with E-state index in [4.69, 9.17) is 5.26 Å². The Kier molecular flexibility index (Phi) is 4.16. The standard InChI is InChI=1S/C15H16N4O/c1-10(2)15-18-13(7-14(20)19-15)17-9-12-5-3-11(8-16)4-6-12/h3-7,10H,9H2,1-2H3,(H2,17,18,19,20). The Morgan fingerprint density at radius 3 is 2.65 bits per heavy atom. The van der Waals surface area contributed by atoms with Crippen molar-refractivity contribution in [3.05, 3.63) is 57.6 Å². The van der Waals surface area contributed by atoms with Gasteiger partial charge in [0.25, 0.3) is 5.56 Å². The van der Waals surface area contributed by atoms with Crippen LogP contribution in [-0.2, 0) is 6.54 Å². The lowest BCUT2D eigenvalue weighted by atomic mass is 10.1. The van der Waals surface area contributed by atoms with Crippen molar-refractivity contribution in [2.45, 2.75) is 26.3 Å². The van der Waals surface area contributed by atoms with E-state index in [0.29, 0.717) is 23.8 Å².